The molecule has 0 radical (unpaired) electrons. The average Bonchev–Trinajstić information content (AvgIpc) is 1.68. The highest BCUT2D eigenvalue weighted by molar-refractivity contribution is 7.45. The van der Waals surface area contributed by atoms with Crippen LogP contribution in [0, 0.1) is 0 Å². The lowest BCUT2D eigenvalue weighted by Crippen LogP contribution is -2.37. The van der Waals surface area contributed by atoms with Gasteiger partial charge in [0.15, 0.2) is 6.10 Å². The SMILES string of the molecule is CC/C=C\C/C=C\C/C=C\C/C=C\C/C=C\C/C=C\C/C=C\C/C=C\C/C=C\C/C=C\CCCCCCC(=O)OC(COC(=O)CCCCCCCCCCCCCCCCCCCCCCCC/C=C\C/C=C\C/C=C\C/C=C\CC)COP(=O)([O-])OCC[N+](C)(C)C. The summed E-state index contributed by atoms with van der Waals surface area (Å²) >= 11 is 0. The summed E-state index contributed by atoms with van der Waals surface area (Å²) in [7, 11) is 1.13. The summed E-state index contributed by atoms with van der Waals surface area (Å²) in [6.07, 6.45) is 110. The van der Waals surface area contributed by atoms with Crippen molar-refractivity contribution in [3.05, 3.63) is 170 Å². The van der Waals surface area contributed by atoms with Crippen LogP contribution >= 0.6 is 7.82 Å². The highest BCUT2D eigenvalue weighted by Gasteiger charge is 2.22. The minimum Gasteiger partial charge on any atom is -0.756 e. The number of hydrogen-bond donors (Lipinski definition) is 0. The van der Waals surface area contributed by atoms with E-state index in [4.69, 9.17) is 18.5 Å². The number of unbranched alkanes of at least 4 members (excludes halogenated alkanes) is 26. The first-order valence-electron chi connectivity index (χ1n) is 37.8. The number of carbonyl (C=O) groups is 2. The van der Waals surface area contributed by atoms with Crippen molar-refractivity contribution in [1.29, 1.82) is 0 Å². The van der Waals surface area contributed by atoms with Crippen LogP contribution in [-0.4, -0.2) is 70.0 Å². The van der Waals surface area contributed by atoms with Crippen molar-refractivity contribution in [2.24, 2.45) is 0 Å². The quantitative estimate of drug-likeness (QED) is 0.0195. The van der Waals surface area contributed by atoms with E-state index in [1.54, 1.807) is 0 Å². The summed E-state index contributed by atoms with van der Waals surface area (Å²) in [5, 5.41) is 0. The number of allylic oxidation sites excluding steroid dienone is 28. The lowest BCUT2D eigenvalue weighted by molar-refractivity contribution is -0.870. The number of phosphoric acid groups is 1. The van der Waals surface area contributed by atoms with Crippen LogP contribution in [0.3, 0.4) is 0 Å². The predicted molar refractivity (Wildman–Crippen MR) is 406 cm³/mol. The van der Waals surface area contributed by atoms with Gasteiger partial charge in [-0.3, -0.25) is 14.2 Å². The summed E-state index contributed by atoms with van der Waals surface area (Å²) in [5.74, 6) is -0.864. The maximum absolute atomic E-state index is 12.9. The molecule has 0 N–H and O–H groups in total. The Balaban J connectivity index is 4.09. The summed E-state index contributed by atoms with van der Waals surface area (Å²) in [5.41, 5.74) is 0. The number of phosphoric ester groups is 1. The van der Waals surface area contributed by atoms with E-state index in [1.807, 2.05) is 21.1 Å². The van der Waals surface area contributed by atoms with Crippen LogP contribution in [0.1, 0.15) is 296 Å². The van der Waals surface area contributed by atoms with Gasteiger partial charge in [-0.15, -0.1) is 0 Å². The molecule has 9 nitrogen and oxygen atoms in total. The second kappa shape index (κ2) is 72.6. The monoisotopic (exact) mass is 1320 g/mol. The van der Waals surface area contributed by atoms with Gasteiger partial charge in [0.1, 0.15) is 19.8 Å². The third kappa shape index (κ3) is 76.4. The minimum atomic E-state index is -4.66. The van der Waals surface area contributed by atoms with Gasteiger partial charge < -0.3 is 27.9 Å². The van der Waals surface area contributed by atoms with E-state index in [1.165, 1.54) is 128 Å². The minimum absolute atomic E-state index is 0.0434. The largest absolute Gasteiger partial charge is 0.756 e. The number of hydrogen-bond acceptors (Lipinski definition) is 8. The highest BCUT2D eigenvalue weighted by Crippen LogP contribution is 2.38. The maximum atomic E-state index is 12.9. The Morgan fingerprint density at radius 1 is 0.330 bits per heavy atom. The topological polar surface area (TPSA) is 111 Å². The molecule has 0 aliphatic heterocycles. The molecule has 94 heavy (non-hydrogen) atoms. The van der Waals surface area contributed by atoms with Crippen molar-refractivity contribution < 1.29 is 42.1 Å². The van der Waals surface area contributed by atoms with E-state index >= 15 is 0 Å². The molecular weight excluding hydrogens is 1180 g/mol. The summed E-state index contributed by atoms with van der Waals surface area (Å²) in [6, 6.07) is 0. The van der Waals surface area contributed by atoms with Crippen molar-refractivity contribution in [1.82, 2.24) is 0 Å². The molecule has 2 atom stereocenters. The Bertz CT molecular complexity index is 2200. The van der Waals surface area contributed by atoms with Gasteiger partial charge in [-0.1, -0.05) is 325 Å². The smallest absolute Gasteiger partial charge is 0.306 e. The van der Waals surface area contributed by atoms with Crippen LogP contribution in [0.15, 0.2) is 170 Å². The fourth-order valence-corrected chi connectivity index (χ4v) is 10.8. The Hall–Kier alpha value is -4.63. The van der Waals surface area contributed by atoms with Crippen molar-refractivity contribution >= 4 is 19.8 Å². The zero-order chi connectivity index (χ0) is 68.3. The van der Waals surface area contributed by atoms with Gasteiger partial charge >= 0.3 is 11.9 Å². The first-order chi connectivity index (χ1) is 46.0. The van der Waals surface area contributed by atoms with Gasteiger partial charge in [-0.05, 0) is 128 Å². The molecule has 0 aromatic rings. The normalized spacial score (nSPS) is 14.1. The van der Waals surface area contributed by atoms with Crippen molar-refractivity contribution in [2.45, 2.75) is 302 Å². The Labute approximate surface area is 578 Å². The zero-order valence-corrected chi connectivity index (χ0v) is 61.7. The summed E-state index contributed by atoms with van der Waals surface area (Å²) < 4.78 is 34.3. The van der Waals surface area contributed by atoms with Crippen LogP contribution in [0.5, 0.6) is 0 Å². The van der Waals surface area contributed by atoms with Gasteiger partial charge in [0.2, 0.25) is 0 Å². The van der Waals surface area contributed by atoms with E-state index in [0.29, 0.717) is 17.4 Å². The molecule has 0 aliphatic carbocycles. The number of carbonyl (C=O) groups excluding carboxylic acids is 2. The third-order valence-electron chi connectivity index (χ3n) is 15.7. The zero-order valence-electron chi connectivity index (χ0n) is 60.8. The first-order valence-corrected chi connectivity index (χ1v) is 39.3. The molecule has 0 aromatic carbocycles. The molecule has 0 fully saturated rings. The van der Waals surface area contributed by atoms with Crippen LogP contribution < -0.4 is 4.89 Å². The maximum Gasteiger partial charge on any atom is 0.306 e. The molecule has 10 heteroatoms. The van der Waals surface area contributed by atoms with Crippen molar-refractivity contribution in [3.63, 3.8) is 0 Å². The highest BCUT2D eigenvalue weighted by atomic mass is 31.2. The first kappa shape index (κ1) is 89.4. The molecule has 0 rings (SSSR count). The predicted octanol–water partition coefficient (Wildman–Crippen LogP) is 24.6. The molecule has 0 aliphatic rings. The Morgan fingerprint density at radius 3 is 0.851 bits per heavy atom. The second-order valence-electron chi connectivity index (χ2n) is 25.9. The fraction of sp³-hybridized carbons (Fsp3) is 0.643. The Morgan fingerprint density at radius 2 is 0.574 bits per heavy atom. The molecule has 0 bridgehead atoms. The molecular formula is C84H140NO8P. The van der Waals surface area contributed by atoms with Gasteiger partial charge in [-0.25, -0.2) is 0 Å². The number of rotatable bonds is 68. The summed E-state index contributed by atoms with van der Waals surface area (Å²) in [6.45, 7) is 3.99. The number of ether oxygens (including phenoxy) is 2. The standard InChI is InChI=1S/C84H140NO8P/c1-6-8-10-12-14-16-18-20-22-24-26-28-30-32-34-36-38-40-42-44-46-48-50-52-54-56-58-60-62-64-66-68-70-72-74-76-83(86)90-80-82(81-92-94(88,89)91-79-78-85(3,4)5)93-84(87)77-75-73-71-69-67-65-63-61-59-57-55-53-51-49-47-45-43-41-39-37-35-33-31-29-27-25-23-21-19-17-15-13-11-9-7-2/h8-11,14-17,20-23,26-29,33,35,39,41,45,47,51,53,57,59,63,65,82H,6-7,12-13,18-19,24-25,30-32,34,36-38,40,42-44,46,48-50,52,54-56,58,60-62,64,66-81H2,1-5H3/b10-8-,11-9-,16-14-,17-15-,22-20-,23-21-,28-26-,29-27-,35-33-,41-39-,47-45-,53-51-,59-57-,65-63-. The molecule has 0 aromatic heterocycles. The number of nitrogens with zero attached hydrogens (tertiary/aromatic N) is 1. The van der Waals surface area contributed by atoms with E-state index in [0.717, 1.165) is 135 Å². The fourth-order valence-electron chi connectivity index (χ4n) is 10.0. The van der Waals surface area contributed by atoms with Gasteiger partial charge in [0, 0.05) is 12.8 Å². The number of likely N-dealkylation sites (N-methyl/N-ethyl adjacent to an activating group) is 1. The molecule has 0 saturated carbocycles. The molecule has 2 unspecified atom stereocenters. The van der Waals surface area contributed by atoms with Crippen molar-refractivity contribution in [3.8, 4) is 0 Å². The lowest BCUT2D eigenvalue weighted by atomic mass is 10.0. The molecule has 0 saturated heterocycles. The average molecular weight is 1320 g/mol. The number of esters is 2. The second-order valence-corrected chi connectivity index (χ2v) is 27.3. The van der Waals surface area contributed by atoms with Crippen LogP contribution in [-0.2, 0) is 32.7 Å². The summed E-state index contributed by atoms with van der Waals surface area (Å²) in [4.78, 5) is 38.1. The van der Waals surface area contributed by atoms with E-state index in [2.05, 4.69) is 184 Å². The van der Waals surface area contributed by atoms with E-state index in [-0.39, 0.29) is 26.1 Å². The van der Waals surface area contributed by atoms with Gasteiger partial charge in [0.25, 0.3) is 7.82 Å². The van der Waals surface area contributed by atoms with Crippen molar-refractivity contribution in [2.75, 3.05) is 47.5 Å². The molecule has 0 amide bonds. The molecule has 0 spiro atoms. The van der Waals surface area contributed by atoms with E-state index in [9.17, 15) is 19.0 Å². The van der Waals surface area contributed by atoms with Gasteiger partial charge in [-0.2, -0.15) is 0 Å². The van der Waals surface area contributed by atoms with Crippen LogP contribution in [0.4, 0.5) is 0 Å². The molecule has 0 heterocycles. The van der Waals surface area contributed by atoms with Crippen LogP contribution in [0.25, 0.3) is 0 Å². The van der Waals surface area contributed by atoms with E-state index < -0.39 is 32.5 Å². The third-order valence-corrected chi connectivity index (χ3v) is 16.7. The Kier molecular flexibility index (Phi) is 69.1. The lowest BCUT2D eigenvalue weighted by Gasteiger charge is -2.28. The van der Waals surface area contributed by atoms with Gasteiger partial charge in [0.05, 0.1) is 27.7 Å². The molecule has 534 valence electrons. The van der Waals surface area contributed by atoms with Crippen LogP contribution in [0.2, 0.25) is 0 Å². The number of quaternary nitrogens is 1.